The Balaban J connectivity index is 1.43. The molecule has 2 aliphatic rings. The van der Waals surface area contributed by atoms with Crippen LogP contribution in [0, 0.1) is 0 Å². The molecule has 4 heterocycles. The Kier molecular flexibility index (Phi) is 4.07. The molecule has 2 aromatic heterocycles. The van der Waals surface area contributed by atoms with E-state index in [4.69, 9.17) is 16.7 Å². The minimum atomic E-state index is 0.170. The van der Waals surface area contributed by atoms with Gasteiger partial charge in [0.25, 0.3) is 0 Å². The summed E-state index contributed by atoms with van der Waals surface area (Å²) in [5, 5.41) is 6.04. The third kappa shape index (κ3) is 2.75. The summed E-state index contributed by atoms with van der Waals surface area (Å²) in [4.78, 5) is 7.01. The summed E-state index contributed by atoms with van der Waals surface area (Å²) in [6, 6.07) is 12.6. The quantitative estimate of drug-likeness (QED) is 0.474. The lowest BCUT2D eigenvalue weighted by atomic mass is 9.82. The molecule has 0 aliphatic carbocycles. The smallest absolute Gasteiger partial charge is 0.0941 e. The van der Waals surface area contributed by atoms with Gasteiger partial charge in [-0.1, -0.05) is 18.2 Å². The number of likely N-dealkylation sites (tertiary alicyclic amines) is 1. The first-order valence-electron chi connectivity index (χ1n) is 9.74. The van der Waals surface area contributed by atoms with Gasteiger partial charge in [0.1, 0.15) is 0 Å². The molecule has 1 aromatic carbocycles. The maximum Gasteiger partial charge on any atom is 0.0941 e. The molecule has 0 saturated carbocycles. The average Bonchev–Trinajstić information content (AvgIpc) is 3.43. The molecule has 1 saturated heterocycles. The number of aromatic nitrogens is 3. The van der Waals surface area contributed by atoms with Gasteiger partial charge in [-0.05, 0) is 37.6 Å². The number of fused-ring (bicyclic) bond motifs is 3. The number of benzene rings is 1. The van der Waals surface area contributed by atoms with Crippen LogP contribution in [0.15, 0.2) is 54.5 Å². The fraction of sp³-hybridized carbons (Fsp3) is 0.333. The molecule has 1 fully saturated rings. The van der Waals surface area contributed by atoms with Crippen molar-refractivity contribution < 1.29 is 0 Å². The zero-order chi connectivity index (χ0) is 19.1. The lowest BCUT2D eigenvalue weighted by Gasteiger charge is -2.24. The fourth-order valence-electron chi connectivity index (χ4n) is 4.71. The van der Waals surface area contributed by atoms with Crippen LogP contribution in [0.3, 0.4) is 0 Å². The van der Waals surface area contributed by atoms with Gasteiger partial charge in [0.05, 0.1) is 16.9 Å². The first kappa shape index (κ1) is 17.2. The first-order valence-corrected chi connectivity index (χ1v) is 9.74. The highest BCUT2D eigenvalue weighted by Gasteiger charge is 2.45. The Morgan fingerprint density at radius 3 is 2.93 bits per heavy atom. The molecular weight excluding hydrogens is 350 g/mol. The van der Waals surface area contributed by atoms with E-state index < -0.39 is 0 Å². The molecule has 1 spiro atoms. The summed E-state index contributed by atoms with van der Waals surface area (Å²) >= 11 is 0. The van der Waals surface area contributed by atoms with Gasteiger partial charge in [-0.2, -0.15) is 5.10 Å². The Morgan fingerprint density at radius 1 is 1.21 bits per heavy atom. The Hall–Kier alpha value is -2.90. The zero-order valence-electron chi connectivity index (χ0n) is 15.8. The Labute approximate surface area is 164 Å². The van der Waals surface area contributed by atoms with E-state index >= 15 is 0 Å². The second-order valence-electron chi connectivity index (χ2n) is 7.88. The fourth-order valence-corrected chi connectivity index (χ4v) is 4.71. The number of hydrazine groups is 1. The third-order valence-electron chi connectivity index (χ3n) is 6.23. The normalized spacial score (nSPS) is 22.2. The van der Waals surface area contributed by atoms with Crippen molar-refractivity contribution in [3.8, 4) is 11.3 Å². The van der Waals surface area contributed by atoms with Crippen molar-refractivity contribution in [1.29, 1.82) is 0 Å². The summed E-state index contributed by atoms with van der Waals surface area (Å²) < 4.78 is 2.19. The number of rotatable bonds is 4. The summed E-state index contributed by atoms with van der Waals surface area (Å²) in [5.41, 5.74) is 13.8. The molecule has 1 unspecified atom stereocenters. The first-order chi connectivity index (χ1) is 13.7. The number of nitrogens with one attached hydrogen (secondary N) is 1. The van der Waals surface area contributed by atoms with Crippen LogP contribution in [0.25, 0.3) is 22.2 Å². The van der Waals surface area contributed by atoms with Gasteiger partial charge in [-0.3, -0.25) is 20.4 Å². The van der Waals surface area contributed by atoms with E-state index in [2.05, 4.69) is 38.2 Å². The number of hydrogen-bond acceptors (Lipinski definition) is 6. The monoisotopic (exact) mass is 375 g/mol. The molecule has 0 radical (unpaired) electrons. The number of pyridine rings is 1. The van der Waals surface area contributed by atoms with E-state index in [0.717, 1.165) is 66.9 Å². The predicted molar refractivity (Wildman–Crippen MR) is 110 cm³/mol. The largest absolute Gasteiger partial charge is 0.403 e. The van der Waals surface area contributed by atoms with Crippen molar-refractivity contribution >= 4 is 10.9 Å². The van der Waals surface area contributed by atoms with Crippen LogP contribution in [0.2, 0.25) is 0 Å². The lowest BCUT2D eigenvalue weighted by Crippen LogP contribution is -2.35. The number of aryl methyl sites for hydroxylation is 1. The van der Waals surface area contributed by atoms with E-state index in [1.54, 1.807) is 6.20 Å². The standard InChI is InChI=1S/C21H25N7/c22-11-17(25-23)13-27-7-5-21(14-27)6-8-28-20(21)10-19(26-28)16-9-15-3-1-2-4-18(15)24-12-16/h1-4,9-12,25H,5-8,13-14,22-23H2/b17-11-. The molecule has 2 aliphatic heterocycles. The molecule has 144 valence electrons. The van der Waals surface area contributed by atoms with Gasteiger partial charge >= 0.3 is 0 Å². The van der Waals surface area contributed by atoms with E-state index in [9.17, 15) is 0 Å². The van der Waals surface area contributed by atoms with Gasteiger partial charge in [-0.25, -0.2) is 0 Å². The van der Waals surface area contributed by atoms with Gasteiger partial charge in [0.2, 0.25) is 0 Å². The minimum absolute atomic E-state index is 0.170. The molecular formula is C21H25N7. The predicted octanol–water partition coefficient (Wildman–Crippen LogP) is 1.71. The number of hydrogen-bond donors (Lipinski definition) is 3. The Bertz CT molecular complexity index is 1050. The van der Waals surface area contributed by atoms with Crippen LogP contribution >= 0.6 is 0 Å². The number of para-hydroxylation sites is 1. The highest BCUT2D eigenvalue weighted by Crippen LogP contribution is 2.43. The third-order valence-corrected chi connectivity index (χ3v) is 6.23. The number of nitrogens with two attached hydrogens (primary N) is 2. The second kappa shape index (κ2) is 6.61. The van der Waals surface area contributed by atoms with Gasteiger partial charge in [0, 0.05) is 54.1 Å². The summed E-state index contributed by atoms with van der Waals surface area (Å²) in [6.07, 6.45) is 5.75. The number of nitrogens with zero attached hydrogens (tertiary/aromatic N) is 4. The van der Waals surface area contributed by atoms with Crippen LogP contribution in [0.4, 0.5) is 0 Å². The Morgan fingerprint density at radius 2 is 2.07 bits per heavy atom. The topological polar surface area (TPSA) is 98.0 Å². The van der Waals surface area contributed by atoms with E-state index in [-0.39, 0.29) is 5.41 Å². The molecule has 7 heteroatoms. The van der Waals surface area contributed by atoms with E-state index in [1.807, 2.05) is 24.4 Å². The lowest BCUT2D eigenvalue weighted by molar-refractivity contribution is 0.326. The summed E-state index contributed by atoms with van der Waals surface area (Å²) in [6.45, 7) is 3.77. The highest BCUT2D eigenvalue weighted by molar-refractivity contribution is 5.82. The highest BCUT2D eigenvalue weighted by atomic mass is 15.3. The van der Waals surface area contributed by atoms with Crippen molar-refractivity contribution in [2.45, 2.75) is 24.8 Å². The van der Waals surface area contributed by atoms with Crippen LogP contribution < -0.4 is 17.0 Å². The summed E-state index contributed by atoms with van der Waals surface area (Å²) in [7, 11) is 0. The van der Waals surface area contributed by atoms with Crippen molar-refractivity contribution in [3.05, 3.63) is 60.2 Å². The van der Waals surface area contributed by atoms with Crippen LogP contribution in [-0.4, -0.2) is 39.3 Å². The SMILES string of the molecule is N/C=C(/CN1CCC2(CCn3nc(-c4cnc5ccccc5c4)cc32)C1)NN. The maximum atomic E-state index is 5.64. The van der Waals surface area contributed by atoms with E-state index in [1.165, 1.54) is 5.69 Å². The zero-order valence-corrected chi connectivity index (χ0v) is 15.8. The van der Waals surface area contributed by atoms with Gasteiger partial charge in [0.15, 0.2) is 0 Å². The van der Waals surface area contributed by atoms with Crippen molar-refractivity contribution in [2.24, 2.45) is 11.6 Å². The summed E-state index contributed by atoms with van der Waals surface area (Å²) in [5.74, 6) is 5.55. The van der Waals surface area contributed by atoms with Crippen molar-refractivity contribution in [1.82, 2.24) is 25.1 Å². The second-order valence-corrected chi connectivity index (χ2v) is 7.88. The van der Waals surface area contributed by atoms with Crippen LogP contribution in [0.5, 0.6) is 0 Å². The van der Waals surface area contributed by atoms with Gasteiger partial charge < -0.3 is 11.2 Å². The molecule has 7 nitrogen and oxygen atoms in total. The van der Waals surface area contributed by atoms with Crippen molar-refractivity contribution in [3.63, 3.8) is 0 Å². The van der Waals surface area contributed by atoms with Crippen LogP contribution in [-0.2, 0) is 12.0 Å². The molecule has 28 heavy (non-hydrogen) atoms. The van der Waals surface area contributed by atoms with Crippen LogP contribution in [0.1, 0.15) is 18.5 Å². The molecule has 1 atom stereocenters. The molecule has 5 N–H and O–H groups in total. The van der Waals surface area contributed by atoms with Gasteiger partial charge in [-0.15, -0.1) is 0 Å². The maximum absolute atomic E-state index is 5.64. The molecule has 3 aromatic rings. The molecule has 0 bridgehead atoms. The molecule has 5 rings (SSSR count). The minimum Gasteiger partial charge on any atom is -0.403 e. The van der Waals surface area contributed by atoms with Crippen molar-refractivity contribution in [2.75, 3.05) is 19.6 Å². The van der Waals surface area contributed by atoms with E-state index in [0.29, 0.717) is 0 Å². The molecule has 0 amide bonds. The average molecular weight is 375 g/mol.